The molecule has 5 heteroatoms. The average Bonchev–Trinajstić information content (AvgIpc) is 2.86. The molecule has 2 N–H and O–H groups in total. The third-order valence-electron chi connectivity index (χ3n) is 3.24. The van der Waals surface area contributed by atoms with Crippen LogP contribution in [0.2, 0.25) is 5.02 Å². The van der Waals surface area contributed by atoms with Crippen LogP contribution in [0, 0.1) is 5.82 Å². The molecule has 3 rings (SSSR count). The third-order valence-corrected chi connectivity index (χ3v) is 3.55. The lowest BCUT2D eigenvalue weighted by Gasteiger charge is -2.07. The van der Waals surface area contributed by atoms with Crippen molar-refractivity contribution < 1.29 is 13.5 Å². The zero-order valence-electron chi connectivity index (χ0n) is 11.1. The van der Waals surface area contributed by atoms with Crippen LogP contribution < -0.4 is 10.5 Å². The summed E-state index contributed by atoms with van der Waals surface area (Å²) in [4.78, 5) is 0. The van der Waals surface area contributed by atoms with Crippen molar-refractivity contribution in [1.82, 2.24) is 0 Å². The summed E-state index contributed by atoms with van der Waals surface area (Å²) in [5.74, 6) is 0.570. The highest BCUT2D eigenvalue weighted by Gasteiger charge is 2.13. The van der Waals surface area contributed by atoms with Gasteiger partial charge in [0.15, 0.2) is 0 Å². The van der Waals surface area contributed by atoms with Crippen LogP contribution in [0.5, 0.6) is 5.75 Å². The van der Waals surface area contributed by atoms with Crippen LogP contribution in [0.15, 0.2) is 46.9 Å². The van der Waals surface area contributed by atoms with E-state index >= 15 is 0 Å². The Morgan fingerprint density at radius 3 is 2.76 bits per heavy atom. The highest BCUT2D eigenvalue weighted by atomic mass is 35.5. The first-order valence-corrected chi connectivity index (χ1v) is 6.84. The quantitative estimate of drug-likeness (QED) is 0.783. The van der Waals surface area contributed by atoms with Gasteiger partial charge in [0.1, 0.15) is 29.5 Å². The van der Waals surface area contributed by atoms with Crippen LogP contribution >= 0.6 is 11.6 Å². The molecule has 21 heavy (non-hydrogen) atoms. The van der Waals surface area contributed by atoms with E-state index in [0.717, 1.165) is 16.5 Å². The van der Waals surface area contributed by atoms with E-state index in [4.69, 9.17) is 26.5 Å². The molecular weight excluding hydrogens is 293 g/mol. The summed E-state index contributed by atoms with van der Waals surface area (Å²) >= 11 is 5.64. The van der Waals surface area contributed by atoms with Crippen molar-refractivity contribution in [3.8, 4) is 5.75 Å². The number of nitrogens with two attached hydrogens (primary N) is 1. The molecule has 0 unspecified atom stereocenters. The lowest BCUT2D eigenvalue weighted by atomic mass is 10.1. The normalized spacial score (nSPS) is 11.0. The number of halogens is 2. The standard InChI is InChI=1S/C16H13ClFNO2/c17-13-6-5-10(7-14(13)18)20-9-12-11-3-1-2-4-15(11)21-16(12)8-19/h1-7H,8-9,19H2. The van der Waals surface area contributed by atoms with Gasteiger partial charge in [-0.3, -0.25) is 0 Å². The first kappa shape index (κ1) is 13.9. The minimum absolute atomic E-state index is 0.0683. The Bertz CT molecular complexity index is 785. The van der Waals surface area contributed by atoms with E-state index in [0.29, 0.717) is 11.5 Å². The van der Waals surface area contributed by atoms with Gasteiger partial charge in [-0.15, -0.1) is 0 Å². The number of ether oxygens (including phenoxy) is 1. The predicted octanol–water partition coefficient (Wildman–Crippen LogP) is 4.26. The maximum Gasteiger partial charge on any atom is 0.145 e. The summed E-state index contributed by atoms with van der Waals surface area (Å²) in [6.45, 7) is 0.535. The summed E-state index contributed by atoms with van der Waals surface area (Å²) < 4.78 is 24.7. The Morgan fingerprint density at radius 1 is 1.19 bits per heavy atom. The minimum atomic E-state index is -0.509. The largest absolute Gasteiger partial charge is 0.489 e. The average molecular weight is 306 g/mol. The fraction of sp³-hybridized carbons (Fsp3) is 0.125. The van der Waals surface area contributed by atoms with Gasteiger partial charge in [0.05, 0.1) is 11.6 Å². The number of para-hydroxylation sites is 1. The van der Waals surface area contributed by atoms with E-state index in [1.807, 2.05) is 24.3 Å². The molecule has 1 aromatic heterocycles. The summed E-state index contributed by atoms with van der Waals surface area (Å²) in [6, 6.07) is 12.0. The molecule has 0 saturated carbocycles. The molecule has 2 aromatic carbocycles. The Balaban J connectivity index is 1.89. The van der Waals surface area contributed by atoms with Crippen LogP contribution in [-0.4, -0.2) is 0 Å². The highest BCUT2D eigenvalue weighted by Crippen LogP contribution is 2.27. The van der Waals surface area contributed by atoms with Crippen LogP contribution in [0.4, 0.5) is 4.39 Å². The van der Waals surface area contributed by atoms with Gasteiger partial charge in [-0.05, 0) is 18.2 Å². The SMILES string of the molecule is NCc1oc2ccccc2c1COc1ccc(Cl)c(F)c1. The van der Waals surface area contributed by atoms with Gasteiger partial charge in [-0.25, -0.2) is 4.39 Å². The zero-order chi connectivity index (χ0) is 14.8. The number of hydrogen-bond acceptors (Lipinski definition) is 3. The molecule has 3 aromatic rings. The predicted molar refractivity (Wildman–Crippen MR) is 79.8 cm³/mol. The van der Waals surface area contributed by atoms with E-state index in [1.165, 1.54) is 12.1 Å². The molecule has 0 amide bonds. The van der Waals surface area contributed by atoms with Gasteiger partial charge < -0.3 is 14.9 Å². The lowest BCUT2D eigenvalue weighted by molar-refractivity contribution is 0.302. The van der Waals surface area contributed by atoms with E-state index in [-0.39, 0.29) is 18.2 Å². The van der Waals surface area contributed by atoms with Gasteiger partial charge in [0, 0.05) is 17.0 Å². The number of hydrogen-bond donors (Lipinski definition) is 1. The van der Waals surface area contributed by atoms with Crippen molar-refractivity contribution in [1.29, 1.82) is 0 Å². The fourth-order valence-corrected chi connectivity index (χ4v) is 2.31. The van der Waals surface area contributed by atoms with Crippen LogP contribution in [0.3, 0.4) is 0 Å². The third kappa shape index (κ3) is 2.73. The smallest absolute Gasteiger partial charge is 0.145 e. The lowest BCUT2D eigenvalue weighted by Crippen LogP contribution is -2.02. The minimum Gasteiger partial charge on any atom is -0.489 e. The molecule has 0 spiro atoms. The van der Waals surface area contributed by atoms with Crippen LogP contribution in [0.1, 0.15) is 11.3 Å². The first-order valence-electron chi connectivity index (χ1n) is 6.46. The number of furan rings is 1. The molecular formula is C16H13ClFNO2. The number of fused-ring (bicyclic) bond motifs is 1. The second-order valence-electron chi connectivity index (χ2n) is 4.57. The molecule has 0 radical (unpaired) electrons. The van der Waals surface area contributed by atoms with E-state index in [9.17, 15) is 4.39 Å². The van der Waals surface area contributed by atoms with Gasteiger partial charge in [-0.2, -0.15) is 0 Å². The molecule has 0 aliphatic rings. The number of rotatable bonds is 4. The summed E-state index contributed by atoms with van der Waals surface area (Å²) in [5, 5.41) is 1.02. The van der Waals surface area contributed by atoms with Crippen molar-refractivity contribution in [2.75, 3.05) is 0 Å². The monoisotopic (exact) mass is 305 g/mol. The second-order valence-corrected chi connectivity index (χ2v) is 4.98. The van der Waals surface area contributed by atoms with Crippen molar-refractivity contribution in [2.45, 2.75) is 13.2 Å². The van der Waals surface area contributed by atoms with Crippen molar-refractivity contribution >= 4 is 22.6 Å². The zero-order valence-corrected chi connectivity index (χ0v) is 11.9. The van der Waals surface area contributed by atoms with Crippen LogP contribution in [0.25, 0.3) is 11.0 Å². The molecule has 0 aliphatic carbocycles. The van der Waals surface area contributed by atoms with Crippen molar-refractivity contribution in [3.63, 3.8) is 0 Å². The Hall–Kier alpha value is -2.04. The van der Waals surface area contributed by atoms with Crippen molar-refractivity contribution in [3.05, 3.63) is 64.6 Å². The van der Waals surface area contributed by atoms with E-state index in [2.05, 4.69) is 0 Å². The van der Waals surface area contributed by atoms with Crippen molar-refractivity contribution in [2.24, 2.45) is 5.73 Å². The maximum absolute atomic E-state index is 13.4. The molecule has 3 nitrogen and oxygen atoms in total. The second kappa shape index (κ2) is 5.76. The van der Waals surface area contributed by atoms with Gasteiger partial charge in [0.25, 0.3) is 0 Å². The summed E-state index contributed by atoms with van der Waals surface area (Å²) in [7, 11) is 0. The molecule has 1 heterocycles. The molecule has 108 valence electrons. The van der Waals surface area contributed by atoms with Crippen LogP contribution in [-0.2, 0) is 13.2 Å². The number of benzene rings is 2. The van der Waals surface area contributed by atoms with E-state index in [1.54, 1.807) is 6.07 Å². The van der Waals surface area contributed by atoms with E-state index < -0.39 is 5.82 Å². The van der Waals surface area contributed by atoms with Gasteiger partial charge in [-0.1, -0.05) is 29.8 Å². The molecule has 0 fully saturated rings. The summed E-state index contributed by atoms with van der Waals surface area (Å²) in [5.41, 5.74) is 7.34. The Morgan fingerprint density at radius 2 is 2.00 bits per heavy atom. The van der Waals surface area contributed by atoms with Gasteiger partial charge >= 0.3 is 0 Å². The molecule has 0 saturated heterocycles. The summed E-state index contributed by atoms with van der Waals surface area (Å²) in [6.07, 6.45) is 0. The first-order chi connectivity index (χ1) is 10.2. The Kier molecular flexibility index (Phi) is 3.82. The molecule has 0 aliphatic heterocycles. The Labute approximate surface area is 126 Å². The maximum atomic E-state index is 13.4. The fourth-order valence-electron chi connectivity index (χ4n) is 2.19. The molecule has 0 bridgehead atoms. The highest BCUT2D eigenvalue weighted by molar-refractivity contribution is 6.30. The topological polar surface area (TPSA) is 48.4 Å². The molecule has 0 atom stereocenters. The van der Waals surface area contributed by atoms with Gasteiger partial charge in [0.2, 0.25) is 0 Å².